The van der Waals surface area contributed by atoms with Crippen molar-refractivity contribution in [2.45, 2.75) is 38.2 Å². The first-order valence-corrected chi connectivity index (χ1v) is 8.89. The molecule has 0 unspecified atom stereocenters. The van der Waals surface area contributed by atoms with Crippen molar-refractivity contribution in [2.24, 2.45) is 0 Å². The van der Waals surface area contributed by atoms with Crippen LogP contribution >= 0.6 is 27.3 Å². The number of hydrogen-bond donors (Lipinski definition) is 0. The van der Waals surface area contributed by atoms with Crippen LogP contribution in [-0.4, -0.2) is 12.4 Å². The molecule has 1 fully saturated rings. The second-order valence-corrected chi connectivity index (χ2v) is 7.23. The molecule has 1 aliphatic carbocycles. The van der Waals surface area contributed by atoms with E-state index in [9.17, 15) is 4.79 Å². The van der Waals surface area contributed by atoms with Gasteiger partial charge in [0.1, 0.15) is 6.29 Å². The van der Waals surface area contributed by atoms with Crippen LogP contribution in [0.1, 0.15) is 42.5 Å². The van der Waals surface area contributed by atoms with Crippen molar-refractivity contribution in [3.8, 4) is 15.5 Å². The average molecular weight is 365 g/mol. The number of ether oxygens (including phenoxy) is 1. The molecule has 110 valence electrons. The first kappa shape index (κ1) is 14.8. The summed E-state index contributed by atoms with van der Waals surface area (Å²) in [5.41, 5.74) is 1.82. The molecule has 4 heteroatoms. The highest BCUT2D eigenvalue weighted by Gasteiger charge is 2.18. The molecule has 2 nitrogen and oxygen atoms in total. The number of thiophene rings is 1. The molecule has 0 radical (unpaired) electrons. The third kappa shape index (κ3) is 3.55. The molecule has 1 aliphatic rings. The van der Waals surface area contributed by atoms with E-state index in [-0.39, 0.29) is 0 Å². The highest BCUT2D eigenvalue weighted by Crippen LogP contribution is 2.41. The molecule has 1 aromatic heterocycles. The summed E-state index contributed by atoms with van der Waals surface area (Å²) < 4.78 is 7.17. The molecule has 0 atom stereocenters. The monoisotopic (exact) mass is 364 g/mol. The first-order valence-electron chi connectivity index (χ1n) is 7.28. The lowest BCUT2D eigenvalue weighted by molar-refractivity contribution is 0.112. The lowest BCUT2D eigenvalue weighted by Gasteiger charge is -2.22. The zero-order chi connectivity index (χ0) is 14.7. The fourth-order valence-corrected chi connectivity index (χ4v) is 4.32. The topological polar surface area (TPSA) is 26.3 Å². The average Bonchev–Trinajstić information content (AvgIpc) is 2.89. The van der Waals surface area contributed by atoms with E-state index < -0.39 is 0 Å². The Hall–Kier alpha value is -1.13. The van der Waals surface area contributed by atoms with Gasteiger partial charge in [0.2, 0.25) is 0 Å². The van der Waals surface area contributed by atoms with Crippen LogP contribution in [0.4, 0.5) is 0 Å². The van der Waals surface area contributed by atoms with Crippen LogP contribution in [0.25, 0.3) is 10.4 Å². The van der Waals surface area contributed by atoms with Gasteiger partial charge in [-0.05, 0) is 53.2 Å². The number of benzene rings is 1. The molecule has 0 bridgehead atoms. The Morgan fingerprint density at radius 3 is 2.52 bits per heavy atom. The summed E-state index contributed by atoms with van der Waals surface area (Å²) in [6.07, 6.45) is 7.42. The summed E-state index contributed by atoms with van der Waals surface area (Å²) in [6, 6.07) is 9.74. The van der Waals surface area contributed by atoms with Crippen molar-refractivity contribution >= 4 is 33.6 Å². The van der Waals surface area contributed by atoms with E-state index in [1.54, 1.807) is 11.3 Å². The van der Waals surface area contributed by atoms with Crippen molar-refractivity contribution in [3.05, 3.63) is 40.4 Å². The lowest BCUT2D eigenvalue weighted by Crippen LogP contribution is -2.19. The second-order valence-electron chi connectivity index (χ2n) is 5.36. The fourth-order valence-electron chi connectivity index (χ4n) is 2.64. The summed E-state index contributed by atoms with van der Waals surface area (Å²) >= 11 is 5.26. The number of halogens is 1. The summed E-state index contributed by atoms with van der Waals surface area (Å²) in [5.74, 6) is 0. The van der Waals surface area contributed by atoms with Gasteiger partial charge in [-0.15, -0.1) is 0 Å². The van der Waals surface area contributed by atoms with Crippen LogP contribution in [0.2, 0.25) is 0 Å². The third-order valence-electron chi connectivity index (χ3n) is 3.81. The summed E-state index contributed by atoms with van der Waals surface area (Å²) in [7, 11) is 0. The van der Waals surface area contributed by atoms with Gasteiger partial charge in [-0.1, -0.05) is 42.0 Å². The largest absolute Gasteiger partial charge is 0.480 e. The Morgan fingerprint density at radius 1 is 1.14 bits per heavy atom. The second kappa shape index (κ2) is 6.75. The van der Waals surface area contributed by atoms with Gasteiger partial charge in [-0.3, -0.25) is 4.79 Å². The quantitative estimate of drug-likeness (QED) is 0.650. The molecular formula is C17H17BrO2S. The van der Waals surface area contributed by atoms with Gasteiger partial charge in [-0.2, -0.15) is 0 Å². The number of rotatable bonds is 4. The summed E-state index contributed by atoms with van der Waals surface area (Å²) in [5, 5.41) is 0.969. The Kier molecular flexibility index (Phi) is 4.76. The molecule has 2 aromatic rings. The molecule has 21 heavy (non-hydrogen) atoms. The zero-order valence-corrected chi connectivity index (χ0v) is 14.1. The molecule has 0 N–H and O–H groups in total. The van der Waals surface area contributed by atoms with Gasteiger partial charge in [0.25, 0.3) is 0 Å². The maximum absolute atomic E-state index is 10.7. The van der Waals surface area contributed by atoms with Gasteiger partial charge >= 0.3 is 0 Å². The minimum Gasteiger partial charge on any atom is -0.480 e. The summed E-state index contributed by atoms with van der Waals surface area (Å²) in [4.78, 5) is 11.9. The molecule has 0 amide bonds. The molecule has 0 spiro atoms. The minimum absolute atomic E-state index is 0.360. The lowest BCUT2D eigenvalue weighted by atomic mass is 9.98. The summed E-state index contributed by atoms with van der Waals surface area (Å²) in [6.45, 7) is 0. The van der Waals surface area contributed by atoms with E-state index in [1.165, 1.54) is 19.3 Å². The Balaban J connectivity index is 1.77. The van der Waals surface area contributed by atoms with E-state index >= 15 is 0 Å². The van der Waals surface area contributed by atoms with Crippen molar-refractivity contribution in [3.63, 3.8) is 0 Å². The van der Waals surface area contributed by atoms with Crippen LogP contribution < -0.4 is 4.74 Å². The van der Waals surface area contributed by atoms with E-state index in [0.29, 0.717) is 11.7 Å². The van der Waals surface area contributed by atoms with Crippen LogP contribution in [0.5, 0.6) is 5.06 Å². The van der Waals surface area contributed by atoms with Gasteiger partial charge < -0.3 is 4.74 Å². The van der Waals surface area contributed by atoms with E-state index in [4.69, 9.17) is 4.74 Å². The van der Waals surface area contributed by atoms with Crippen LogP contribution in [0.15, 0.2) is 34.8 Å². The number of aldehydes is 1. The van der Waals surface area contributed by atoms with Crippen molar-refractivity contribution in [1.29, 1.82) is 0 Å². The SMILES string of the molecule is O=Cc1ccc(-c2cc(Br)c(OC3CCCCC3)s2)cc1. The fraction of sp³-hybridized carbons (Fsp3) is 0.353. The van der Waals surface area contributed by atoms with Gasteiger partial charge in [0, 0.05) is 10.4 Å². The molecule has 0 aliphatic heterocycles. The molecular weight excluding hydrogens is 348 g/mol. The zero-order valence-electron chi connectivity index (χ0n) is 11.7. The standard InChI is InChI=1S/C17H17BrO2S/c18-15-10-16(13-8-6-12(11-19)7-9-13)21-17(15)20-14-4-2-1-3-5-14/h6-11,14H,1-5H2. The van der Waals surface area contributed by atoms with Crippen molar-refractivity contribution in [1.82, 2.24) is 0 Å². The first-order chi connectivity index (χ1) is 10.3. The normalized spacial score (nSPS) is 15.9. The molecule has 3 rings (SSSR count). The maximum Gasteiger partial charge on any atom is 0.189 e. The maximum atomic E-state index is 10.7. The van der Waals surface area contributed by atoms with Crippen molar-refractivity contribution in [2.75, 3.05) is 0 Å². The molecule has 0 saturated heterocycles. The molecule has 1 aromatic carbocycles. The van der Waals surface area contributed by atoms with Crippen molar-refractivity contribution < 1.29 is 9.53 Å². The minimum atomic E-state index is 0.360. The van der Waals surface area contributed by atoms with Crippen LogP contribution in [0.3, 0.4) is 0 Å². The molecule has 1 saturated carbocycles. The van der Waals surface area contributed by atoms with Crippen LogP contribution in [0, 0.1) is 0 Å². The predicted molar refractivity (Wildman–Crippen MR) is 90.3 cm³/mol. The van der Waals surface area contributed by atoms with Gasteiger partial charge in [0.15, 0.2) is 5.06 Å². The van der Waals surface area contributed by atoms with E-state index in [0.717, 1.165) is 39.1 Å². The number of carbonyl (C=O) groups excluding carboxylic acids is 1. The smallest absolute Gasteiger partial charge is 0.189 e. The number of hydrogen-bond acceptors (Lipinski definition) is 3. The number of carbonyl (C=O) groups is 1. The highest BCUT2D eigenvalue weighted by molar-refractivity contribution is 9.10. The highest BCUT2D eigenvalue weighted by atomic mass is 79.9. The third-order valence-corrected chi connectivity index (χ3v) is 5.74. The van der Waals surface area contributed by atoms with E-state index in [1.807, 2.05) is 24.3 Å². The Bertz CT molecular complexity index is 612. The van der Waals surface area contributed by atoms with Crippen LogP contribution in [-0.2, 0) is 0 Å². The van der Waals surface area contributed by atoms with Gasteiger partial charge in [-0.25, -0.2) is 0 Å². The van der Waals surface area contributed by atoms with Gasteiger partial charge in [0.05, 0.1) is 10.6 Å². The van der Waals surface area contributed by atoms with E-state index in [2.05, 4.69) is 22.0 Å². The Morgan fingerprint density at radius 2 is 1.86 bits per heavy atom. The predicted octanol–water partition coefficient (Wildman–Crippen LogP) is 5.70. The Labute approximate surface area is 137 Å². The molecule has 1 heterocycles.